The van der Waals surface area contributed by atoms with Gasteiger partial charge >= 0.3 is 0 Å². The number of thioether (sulfide) groups is 1. The third-order valence-corrected chi connectivity index (χ3v) is 5.14. The molecule has 112 valence electrons. The van der Waals surface area contributed by atoms with Crippen molar-refractivity contribution in [3.8, 4) is 0 Å². The fourth-order valence-electron chi connectivity index (χ4n) is 2.82. The van der Waals surface area contributed by atoms with E-state index in [0.29, 0.717) is 4.75 Å². The summed E-state index contributed by atoms with van der Waals surface area (Å²) in [5, 5.41) is 3.31. The minimum absolute atomic E-state index is 0.154. The van der Waals surface area contributed by atoms with E-state index >= 15 is 0 Å². The lowest BCUT2D eigenvalue weighted by Crippen LogP contribution is -2.44. The summed E-state index contributed by atoms with van der Waals surface area (Å²) >= 11 is 2.06. The van der Waals surface area contributed by atoms with Gasteiger partial charge in [-0.1, -0.05) is 12.1 Å². The van der Waals surface area contributed by atoms with E-state index in [1.165, 1.54) is 11.8 Å². The quantitative estimate of drug-likeness (QED) is 0.897. The highest BCUT2D eigenvalue weighted by molar-refractivity contribution is 8.00. The van der Waals surface area contributed by atoms with Crippen LogP contribution in [0.3, 0.4) is 0 Å². The SMILES string of the molecule is CNC(CCN1CCSC(C)(C)C1)c1cccc(F)c1. The van der Waals surface area contributed by atoms with E-state index < -0.39 is 0 Å². The van der Waals surface area contributed by atoms with Gasteiger partial charge in [0.05, 0.1) is 0 Å². The van der Waals surface area contributed by atoms with Gasteiger partial charge in [-0.25, -0.2) is 4.39 Å². The lowest BCUT2D eigenvalue weighted by molar-refractivity contribution is 0.247. The minimum Gasteiger partial charge on any atom is -0.313 e. The Kier molecular flexibility index (Phi) is 5.47. The Balaban J connectivity index is 1.91. The predicted octanol–water partition coefficient (Wildman–Crippen LogP) is 3.30. The van der Waals surface area contributed by atoms with Crippen LogP contribution in [0.25, 0.3) is 0 Å². The lowest BCUT2D eigenvalue weighted by atomic mass is 10.0. The average Bonchev–Trinajstić information content (AvgIpc) is 2.38. The molecular weight excluding hydrogens is 271 g/mol. The molecule has 1 aromatic carbocycles. The summed E-state index contributed by atoms with van der Waals surface area (Å²) in [7, 11) is 1.95. The molecule has 4 heteroatoms. The van der Waals surface area contributed by atoms with Gasteiger partial charge in [0.15, 0.2) is 0 Å². The Morgan fingerprint density at radius 1 is 1.45 bits per heavy atom. The van der Waals surface area contributed by atoms with Gasteiger partial charge in [-0.3, -0.25) is 0 Å². The Hall–Kier alpha value is -0.580. The van der Waals surface area contributed by atoms with Crippen LogP contribution in [-0.2, 0) is 0 Å². The molecule has 0 aliphatic carbocycles. The van der Waals surface area contributed by atoms with Crippen molar-refractivity contribution >= 4 is 11.8 Å². The largest absolute Gasteiger partial charge is 0.313 e. The molecule has 1 heterocycles. The second-order valence-electron chi connectivity index (χ2n) is 6.07. The first-order valence-electron chi connectivity index (χ1n) is 7.29. The Bertz CT molecular complexity index is 436. The monoisotopic (exact) mass is 296 g/mol. The molecule has 1 fully saturated rings. The molecule has 0 amide bonds. The normalized spacial score (nSPS) is 20.8. The highest BCUT2D eigenvalue weighted by Gasteiger charge is 2.27. The number of rotatable bonds is 5. The van der Waals surface area contributed by atoms with Crippen molar-refractivity contribution < 1.29 is 4.39 Å². The maximum atomic E-state index is 13.3. The van der Waals surface area contributed by atoms with Crippen molar-refractivity contribution in [3.05, 3.63) is 35.6 Å². The maximum absolute atomic E-state index is 13.3. The van der Waals surface area contributed by atoms with E-state index in [9.17, 15) is 4.39 Å². The molecule has 1 aliphatic rings. The zero-order valence-corrected chi connectivity index (χ0v) is 13.5. The number of benzene rings is 1. The number of hydrogen-bond donors (Lipinski definition) is 1. The van der Waals surface area contributed by atoms with Crippen molar-refractivity contribution in [2.45, 2.75) is 31.1 Å². The minimum atomic E-state index is -0.154. The molecular formula is C16H25FN2S. The van der Waals surface area contributed by atoms with Crippen molar-refractivity contribution in [2.75, 3.05) is 32.4 Å². The molecule has 2 nitrogen and oxygen atoms in total. The van der Waals surface area contributed by atoms with Crippen molar-refractivity contribution in [1.82, 2.24) is 10.2 Å². The van der Waals surface area contributed by atoms with Gasteiger partial charge in [0.25, 0.3) is 0 Å². The molecule has 0 radical (unpaired) electrons. The first-order valence-corrected chi connectivity index (χ1v) is 8.28. The van der Waals surface area contributed by atoms with Gasteiger partial charge in [-0.2, -0.15) is 11.8 Å². The van der Waals surface area contributed by atoms with Crippen molar-refractivity contribution in [3.63, 3.8) is 0 Å². The average molecular weight is 296 g/mol. The van der Waals surface area contributed by atoms with Gasteiger partial charge in [0.2, 0.25) is 0 Å². The molecule has 1 unspecified atom stereocenters. The summed E-state index contributed by atoms with van der Waals surface area (Å²) in [6, 6.07) is 7.15. The third kappa shape index (κ3) is 4.47. The standard InChI is InChI=1S/C16H25FN2S/c1-16(2)12-19(9-10-20-16)8-7-15(18-3)13-5-4-6-14(17)11-13/h4-6,11,15,18H,7-10,12H2,1-3H3. The molecule has 0 bridgehead atoms. The van der Waals surface area contributed by atoms with Crippen LogP contribution < -0.4 is 5.32 Å². The smallest absolute Gasteiger partial charge is 0.123 e. The van der Waals surface area contributed by atoms with Gasteiger partial charge in [-0.05, 0) is 45.0 Å². The molecule has 0 saturated carbocycles. The fraction of sp³-hybridized carbons (Fsp3) is 0.625. The summed E-state index contributed by atoms with van der Waals surface area (Å²) in [5.74, 6) is 1.05. The number of halogens is 1. The summed E-state index contributed by atoms with van der Waals surface area (Å²) in [5.41, 5.74) is 1.04. The number of hydrogen-bond acceptors (Lipinski definition) is 3. The number of nitrogens with one attached hydrogen (secondary N) is 1. The summed E-state index contributed by atoms with van der Waals surface area (Å²) in [6.45, 7) is 7.98. The van der Waals surface area contributed by atoms with Gasteiger partial charge in [0, 0.05) is 36.2 Å². The molecule has 20 heavy (non-hydrogen) atoms. The summed E-state index contributed by atoms with van der Waals surface area (Å²) in [6.07, 6.45) is 1.01. The molecule has 1 saturated heterocycles. The van der Waals surface area contributed by atoms with Crippen molar-refractivity contribution in [1.29, 1.82) is 0 Å². The topological polar surface area (TPSA) is 15.3 Å². The van der Waals surface area contributed by atoms with Crippen LogP contribution in [-0.4, -0.2) is 42.1 Å². The highest BCUT2D eigenvalue weighted by Crippen LogP contribution is 2.30. The molecule has 1 aliphatic heterocycles. The van der Waals surface area contributed by atoms with Crippen LogP contribution in [0.2, 0.25) is 0 Å². The van der Waals surface area contributed by atoms with Gasteiger partial charge in [0.1, 0.15) is 5.82 Å². The molecule has 0 spiro atoms. The first kappa shape index (κ1) is 15.8. The van der Waals surface area contributed by atoms with E-state index in [-0.39, 0.29) is 11.9 Å². The zero-order valence-electron chi connectivity index (χ0n) is 12.7. The maximum Gasteiger partial charge on any atom is 0.123 e. The second-order valence-corrected chi connectivity index (χ2v) is 7.87. The fourth-order valence-corrected chi connectivity index (χ4v) is 3.99. The van der Waals surface area contributed by atoms with E-state index in [1.807, 2.05) is 13.1 Å². The van der Waals surface area contributed by atoms with Crippen LogP contribution in [0, 0.1) is 5.82 Å². The van der Waals surface area contributed by atoms with Crippen LogP contribution in [0.4, 0.5) is 4.39 Å². The van der Waals surface area contributed by atoms with Crippen molar-refractivity contribution in [2.24, 2.45) is 0 Å². The first-order chi connectivity index (χ1) is 9.50. The molecule has 1 N–H and O–H groups in total. The summed E-state index contributed by atoms with van der Waals surface area (Å²) in [4.78, 5) is 2.53. The Morgan fingerprint density at radius 2 is 2.25 bits per heavy atom. The van der Waals surface area contributed by atoms with Gasteiger partial charge in [-0.15, -0.1) is 0 Å². The van der Waals surface area contributed by atoms with E-state index in [4.69, 9.17) is 0 Å². The van der Waals surface area contributed by atoms with Crippen LogP contribution >= 0.6 is 11.8 Å². The Labute approximate surface area is 126 Å². The zero-order chi connectivity index (χ0) is 14.6. The lowest BCUT2D eigenvalue weighted by Gasteiger charge is -2.38. The van der Waals surface area contributed by atoms with E-state index in [0.717, 1.165) is 31.6 Å². The number of nitrogens with zero attached hydrogens (tertiary/aromatic N) is 1. The third-order valence-electron chi connectivity index (χ3n) is 3.84. The molecule has 0 aromatic heterocycles. The van der Waals surface area contributed by atoms with E-state index in [2.05, 4.69) is 35.8 Å². The van der Waals surface area contributed by atoms with Crippen LogP contribution in [0.15, 0.2) is 24.3 Å². The molecule has 2 rings (SSSR count). The summed E-state index contributed by atoms with van der Waals surface area (Å²) < 4.78 is 13.7. The van der Waals surface area contributed by atoms with E-state index in [1.54, 1.807) is 12.1 Å². The van der Waals surface area contributed by atoms with Crippen LogP contribution in [0.1, 0.15) is 31.9 Å². The Morgan fingerprint density at radius 3 is 2.90 bits per heavy atom. The second kappa shape index (κ2) is 6.92. The predicted molar refractivity (Wildman–Crippen MR) is 85.8 cm³/mol. The molecule has 1 atom stereocenters. The van der Waals surface area contributed by atoms with Crippen LogP contribution in [0.5, 0.6) is 0 Å². The highest BCUT2D eigenvalue weighted by atomic mass is 32.2. The molecule has 1 aromatic rings. The van der Waals surface area contributed by atoms with Gasteiger partial charge < -0.3 is 10.2 Å².